The molecule has 1 aromatic carbocycles. The molecule has 0 saturated carbocycles. The number of benzene rings is 1. The van der Waals surface area contributed by atoms with Crippen molar-refractivity contribution in [3.05, 3.63) is 40.2 Å². The van der Waals surface area contributed by atoms with Gasteiger partial charge in [0.1, 0.15) is 5.56 Å². The molecule has 106 valence electrons. The second-order valence-electron chi connectivity index (χ2n) is 4.70. The van der Waals surface area contributed by atoms with E-state index in [0.717, 1.165) is 5.52 Å². The molecule has 0 bridgehead atoms. The first kappa shape index (κ1) is 14.1. The van der Waals surface area contributed by atoms with Gasteiger partial charge >= 0.3 is 0 Å². The number of nitrogen functional groups attached to an aromatic ring is 1. The maximum Gasteiger partial charge on any atom is 0.259 e. The van der Waals surface area contributed by atoms with Crippen molar-refractivity contribution in [2.24, 2.45) is 7.05 Å². The van der Waals surface area contributed by atoms with Crippen LogP contribution in [0.3, 0.4) is 0 Å². The molecule has 0 saturated heterocycles. The molecule has 2 rings (SSSR count). The Kier molecular flexibility index (Phi) is 3.79. The zero-order chi connectivity index (χ0) is 14.9. The molecule has 0 unspecified atom stereocenters. The Morgan fingerprint density at radius 1 is 1.30 bits per heavy atom. The number of rotatable bonds is 3. The Labute approximate surface area is 117 Å². The summed E-state index contributed by atoms with van der Waals surface area (Å²) in [7, 11) is 1.81. The molecular weight excluding hydrogens is 254 g/mol. The molecule has 0 spiro atoms. The van der Waals surface area contributed by atoms with Crippen LogP contribution in [-0.4, -0.2) is 28.5 Å². The van der Waals surface area contributed by atoms with Crippen LogP contribution < -0.4 is 11.2 Å². The molecule has 1 aromatic heterocycles. The average molecular weight is 273 g/mol. The summed E-state index contributed by atoms with van der Waals surface area (Å²) >= 11 is 0. The molecule has 0 radical (unpaired) electrons. The highest BCUT2D eigenvalue weighted by Crippen LogP contribution is 2.18. The average Bonchev–Trinajstić information content (AvgIpc) is 2.43. The van der Waals surface area contributed by atoms with Gasteiger partial charge in [0.2, 0.25) is 5.43 Å². The van der Waals surface area contributed by atoms with E-state index in [1.165, 1.54) is 0 Å². The number of aryl methyl sites for hydroxylation is 1. The first-order valence-electron chi connectivity index (χ1n) is 6.68. The summed E-state index contributed by atoms with van der Waals surface area (Å²) in [6.07, 6.45) is 1.59. The van der Waals surface area contributed by atoms with Gasteiger partial charge in [-0.15, -0.1) is 0 Å². The van der Waals surface area contributed by atoms with Crippen LogP contribution in [-0.2, 0) is 7.05 Å². The molecule has 0 atom stereocenters. The van der Waals surface area contributed by atoms with Gasteiger partial charge in [0.05, 0.1) is 10.9 Å². The summed E-state index contributed by atoms with van der Waals surface area (Å²) < 4.78 is 1.77. The van der Waals surface area contributed by atoms with Crippen molar-refractivity contribution in [3.8, 4) is 0 Å². The number of fused-ring (bicyclic) bond motifs is 1. The van der Waals surface area contributed by atoms with E-state index in [4.69, 9.17) is 5.73 Å². The highest BCUT2D eigenvalue weighted by Gasteiger charge is 2.19. The first-order valence-corrected chi connectivity index (χ1v) is 6.68. The van der Waals surface area contributed by atoms with Gasteiger partial charge in [0.15, 0.2) is 0 Å². The second-order valence-corrected chi connectivity index (χ2v) is 4.70. The molecule has 2 N–H and O–H groups in total. The van der Waals surface area contributed by atoms with Gasteiger partial charge in [-0.05, 0) is 26.0 Å². The van der Waals surface area contributed by atoms with Crippen LogP contribution in [0.4, 0.5) is 5.69 Å². The number of hydrogen-bond acceptors (Lipinski definition) is 3. The van der Waals surface area contributed by atoms with Gasteiger partial charge in [0.25, 0.3) is 5.91 Å². The summed E-state index contributed by atoms with van der Waals surface area (Å²) in [5, 5.41) is 0.410. The standard InChI is InChI=1S/C15H19N3O2/c1-4-18(5-2)15(20)10-9-17(3)12-8-6-7-11(16)13(12)14(10)19/h6-9H,4-5,16H2,1-3H3. The third-order valence-electron chi connectivity index (χ3n) is 3.53. The Morgan fingerprint density at radius 2 is 1.95 bits per heavy atom. The third-order valence-corrected chi connectivity index (χ3v) is 3.53. The highest BCUT2D eigenvalue weighted by atomic mass is 16.2. The lowest BCUT2D eigenvalue weighted by molar-refractivity contribution is 0.0771. The van der Waals surface area contributed by atoms with Crippen molar-refractivity contribution in [1.82, 2.24) is 9.47 Å². The van der Waals surface area contributed by atoms with Crippen LogP contribution in [0.15, 0.2) is 29.2 Å². The van der Waals surface area contributed by atoms with E-state index < -0.39 is 0 Å². The molecule has 20 heavy (non-hydrogen) atoms. The lowest BCUT2D eigenvalue weighted by Crippen LogP contribution is -2.34. The van der Waals surface area contributed by atoms with Crippen molar-refractivity contribution in [1.29, 1.82) is 0 Å². The maximum atomic E-state index is 12.5. The lowest BCUT2D eigenvalue weighted by atomic mass is 10.1. The molecular formula is C15H19N3O2. The molecule has 5 heteroatoms. The zero-order valence-electron chi connectivity index (χ0n) is 12.0. The Hall–Kier alpha value is -2.30. The van der Waals surface area contributed by atoms with Gasteiger partial charge in [-0.1, -0.05) is 6.07 Å². The van der Waals surface area contributed by atoms with E-state index >= 15 is 0 Å². The molecule has 0 aliphatic carbocycles. The molecule has 0 aliphatic rings. The largest absolute Gasteiger partial charge is 0.398 e. The highest BCUT2D eigenvalue weighted by molar-refractivity contribution is 6.00. The fraction of sp³-hybridized carbons (Fsp3) is 0.333. The monoisotopic (exact) mass is 273 g/mol. The minimum Gasteiger partial charge on any atom is -0.398 e. The Bertz CT molecular complexity index is 715. The molecule has 0 aliphatic heterocycles. The van der Waals surface area contributed by atoms with Gasteiger partial charge < -0.3 is 15.2 Å². The van der Waals surface area contributed by atoms with Crippen LogP contribution >= 0.6 is 0 Å². The van der Waals surface area contributed by atoms with Crippen LogP contribution in [0, 0.1) is 0 Å². The predicted octanol–water partition coefficient (Wildman–Crippen LogP) is 1.60. The molecule has 5 nitrogen and oxygen atoms in total. The second kappa shape index (κ2) is 5.36. The molecule has 2 aromatic rings. The number of carbonyl (C=O) groups is 1. The minimum absolute atomic E-state index is 0.168. The number of aromatic nitrogens is 1. The SMILES string of the molecule is CCN(CC)C(=O)c1cn(C)c2cccc(N)c2c1=O. The number of amides is 1. The summed E-state index contributed by atoms with van der Waals surface area (Å²) in [4.78, 5) is 26.6. The van der Waals surface area contributed by atoms with E-state index in [9.17, 15) is 9.59 Å². The van der Waals surface area contributed by atoms with Crippen molar-refractivity contribution in [3.63, 3.8) is 0 Å². The van der Waals surface area contributed by atoms with E-state index in [2.05, 4.69) is 0 Å². The molecule has 1 amide bonds. The van der Waals surface area contributed by atoms with Crippen LogP contribution in [0.25, 0.3) is 10.9 Å². The van der Waals surface area contributed by atoms with Crippen molar-refractivity contribution < 1.29 is 4.79 Å². The number of pyridine rings is 1. The van der Waals surface area contributed by atoms with E-state index in [0.29, 0.717) is 24.2 Å². The fourth-order valence-electron chi connectivity index (χ4n) is 2.39. The molecule has 0 fully saturated rings. The lowest BCUT2D eigenvalue weighted by Gasteiger charge is -2.19. The van der Waals surface area contributed by atoms with Crippen LogP contribution in [0.1, 0.15) is 24.2 Å². The van der Waals surface area contributed by atoms with Gasteiger partial charge in [0, 0.05) is 32.0 Å². The molecule has 1 heterocycles. The van der Waals surface area contributed by atoms with Crippen molar-refractivity contribution in [2.75, 3.05) is 18.8 Å². The number of anilines is 1. The van der Waals surface area contributed by atoms with E-state index in [-0.39, 0.29) is 16.9 Å². The van der Waals surface area contributed by atoms with Crippen LogP contribution in [0.2, 0.25) is 0 Å². The number of hydrogen-bond donors (Lipinski definition) is 1. The predicted molar refractivity (Wildman–Crippen MR) is 80.9 cm³/mol. The summed E-state index contributed by atoms with van der Waals surface area (Å²) in [5.41, 5.74) is 6.90. The van der Waals surface area contributed by atoms with E-state index in [1.54, 1.807) is 34.8 Å². The number of carbonyl (C=O) groups excluding carboxylic acids is 1. The smallest absolute Gasteiger partial charge is 0.259 e. The fourth-order valence-corrected chi connectivity index (χ4v) is 2.39. The Morgan fingerprint density at radius 3 is 2.55 bits per heavy atom. The van der Waals surface area contributed by atoms with Gasteiger partial charge in [-0.25, -0.2) is 0 Å². The number of nitrogens with zero attached hydrogens (tertiary/aromatic N) is 2. The van der Waals surface area contributed by atoms with Gasteiger partial charge in [-0.2, -0.15) is 0 Å². The Balaban J connectivity index is 2.74. The van der Waals surface area contributed by atoms with Crippen LogP contribution in [0.5, 0.6) is 0 Å². The topological polar surface area (TPSA) is 68.3 Å². The zero-order valence-corrected chi connectivity index (χ0v) is 12.0. The minimum atomic E-state index is -0.298. The summed E-state index contributed by atoms with van der Waals surface area (Å²) in [6.45, 7) is 4.92. The third kappa shape index (κ3) is 2.15. The number of nitrogens with two attached hydrogens (primary N) is 1. The van der Waals surface area contributed by atoms with Crippen molar-refractivity contribution >= 4 is 22.5 Å². The normalized spacial score (nSPS) is 10.8. The summed E-state index contributed by atoms with van der Waals surface area (Å²) in [6, 6.07) is 5.29. The van der Waals surface area contributed by atoms with Crippen molar-refractivity contribution in [2.45, 2.75) is 13.8 Å². The summed E-state index contributed by atoms with van der Waals surface area (Å²) in [5.74, 6) is -0.249. The maximum absolute atomic E-state index is 12.5. The van der Waals surface area contributed by atoms with Gasteiger partial charge in [-0.3, -0.25) is 9.59 Å². The quantitative estimate of drug-likeness (QED) is 0.864. The van der Waals surface area contributed by atoms with E-state index in [1.807, 2.05) is 19.9 Å². The first-order chi connectivity index (χ1) is 9.51.